The summed E-state index contributed by atoms with van der Waals surface area (Å²) in [6, 6.07) is 5.85. The van der Waals surface area contributed by atoms with Crippen LogP contribution in [0.15, 0.2) is 36.5 Å². The number of nitrogens with two attached hydrogens (primary N) is 1. The van der Waals surface area contributed by atoms with E-state index < -0.39 is 18.2 Å². The standard InChI is InChI=1S/C20H24N4O5/c1-11-15(24-20(27)23-11)5-3-13-4-6-16-14(9-13)17(10-22-16)29-19(26)8-7-18(25)28-12(2)21/h4,6-12,15,22H,3,5,21H2,1-2H3,(H2,23,24,27)/b8-7-. The normalized spacial score (nSPS) is 19.8. The number of urea groups is 1. The van der Waals surface area contributed by atoms with E-state index in [4.69, 9.17) is 15.2 Å². The number of H-pyrrole nitrogens is 1. The first-order valence-electron chi connectivity index (χ1n) is 9.35. The van der Waals surface area contributed by atoms with Crippen molar-refractivity contribution in [3.05, 3.63) is 42.1 Å². The second kappa shape index (κ2) is 8.78. The van der Waals surface area contributed by atoms with Gasteiger partial charge in [0.15, 0.2) is 5.75 Å². The SMILES string of the molecule is CC(N)OC(=O)/C=C\C(=O)Oc1c[nH]c2ccc(CCC3NC(=O)NC3C)cc12. The minimum absolute atomic E-state index is 0.0721. The molecule has 1 aromatic heterocycles. The molecule has 5 N–H and O–H groups in total. The predicted molar refractivity (Wildman–Crippen MR) is 106 cm³/mol. The molecular weight excluding hydrogens is 376 g/mol. The predicted octanol–water partition coefficient (Wildman–Crippen LogP) is 1.48. The van der Waals surface area contributed by atoms with Crippen molar-refractivity contribution >= 4 is 28.9 Å². The third kappa shape index (κ3) is 5.35. The van der Waals surface area contributed by atoms with E-state index in [9.17, 15) is 14.4 Å². The fourth-order valence-corrected chi connectivity index (χ4v) is 3.17. The van der Waals surface area contributed by atoms with Gasteiger partial charge in [-0.25, -0.2) is 14.4 Å². The number of aromatic nitrogens is 1. The van der Waals surface area contributed by atoms with Gasteiger partial charge in [-0.15, -0.1) is 0 Å². The highest BCUT2D eigenvalue weighted by Gasteiger charge is 2.27. The van der Waals surface area contributed by atoms with E-state index in [0.717, 1.165) is 41.5 Å². The molecule has 0 saturated carbocycles. The van der Waals surface area contributed by atoms with Gasteiger partial charge in [-0.3, -0.25) is 5.73 Å². The molecule has 1 aliphatic rings. The summed E-state index contributed by atoms with van der Waals surface area (Å²) in [6.45, 7) is 3.47. The number of benzene rings is 1. The molecule has 3 unspecified atom stereocenters. The molecule has 29 heavy (non-hydrogen) atoms. The quantitative estimate of drug-likeness (QED) is 0.316. The van der Waals surface area contributed by atoms with E-state index in [-0.39, 0.29) is 18.1 Å². The zero-order valence-electron chi connectivity index (χ0n) is 16.2. The average molecular weight is 400 g/mol. The molecule has 2 heterocycles. The summed E-state index contributed by atoms with van der Waals surface area (Å²) in [4.78, 5) is 37.8. The Hall–Kier alpha value is -3.33. The number of hydrogen-bond acceptors (Lipinski definition) is 6. The molecule has 3 atom stereocenters. The molecule has 154 valence electrons. The molecule has 2 aromatic rings. The van der Waals surface area contributed by atoms with Crippen LogP contribution in [-0.2, 0) is 20.7 Å². The number of esters is 2. The minimum Gasteiger partial charge on any atom is -0.444 e. The van der Waals surface area contributed by atoms with Crippen molar-refractivity contribution in [2.24, 2.45) is 5.73 Å². The molecule has 1 aliphatic heterocycles. The Morgan fingerprint density at radius 3 is 2.69 bits per heavy atom. The number of hydrogen-bond donors (Lipinski definition) is 4. The van der Waals surface area contributed by atoms with Crippen LogP contribution in [0.5, 0.6) is 5.75 Å². The summed E-state index contributed by atoms with van der Waals surface area (Å²) >= 11 is 0. The van der Waals surface area contributed by atoms with Gasteiger partial charge in [0.2, 0.25) is 0 Å². The Bertz CT molecular complexity index is 949. The second-order valence-electron chi connectivity index (χ2n) is 6.98. The van der Waals surface area contributed by atoms with Crippen molar-refractivity contribution in [3.63, 3.8) is 0 Å². The molecule has 9 nitrogen and oxygen atoms in total. The Morgan fingerprint density at radius 1 is 1.24 bits per heavy atom. The van der Waals surface area contributed by atoms with Gasteiger partial charge in [-0.1, -0.05) is 6.07 Å². The minimum atomic E-state index is -0.758. The van der Waals surface area contributed by atoms with Gasteiger partial charge in [0, 0.05) is 35.3 Å². The maximum Gasteiger partial charge on any atom is 0.336 e. The van der Waals surface area contributed by atoms with Crippen LogP contribution in [0.3, 0.4) is 0 Å². The van der Waals surface area contributed by atoms with Crippen molar-refractivity contribution in [2.45, 2.75) is 45.0 Å². The number of carbonyl (C=O) groups excluding carboxylic acids is 3. The van der Waals surface area contributed by atoms with Crippen LogP contribution < -0.4 is 21.1 Å². The summed E-state index contributed by atoms with van der Waals surface area (Å²) in [7, 11) is 0. The first kappa shape index (κ1) is 20.4. The third-order valence-corrected chi connectivity index (χ3v) is 4.60. The largest absolute Gasteiger partial charge is 0.444 e. The highest BCUT2D eigenvalue weighted by molar-refractivity contribution is 5.95. The average Bonchev–Trinajstić information content (AvgIpc) is 3.19. The molecule has 3 rings (SSSR count). The lowest BCUT2D eigenvalue weighted by molar-refractivity contribution is -0.142. The first-order chi connectivity index (χ1) is 13.8. The van der Waals surface area contributed by atoms with Crippen LogP contribution in [0.25, 0.3) is 10.9 Å². The Labute approximate surface area is 167 Å². The van der Waals surface area contributed by atoms with Gasteiger partial charge < -0.3 is 25.1 Å². The molecule has 2 amide bonds. The summed E-state index contributed by atoms with van der Waals surface area (Å²) in [5.74, 6) is -1.06. The molecule has 0 aliphatic carbocycles. The molecular formula is C20H24N4O5. The van der Waals surface area contributed by atoms with Crippen LogP contribution in [0.4, 0.5) is 4.79 Å². The van der Waals surface area contributed by atoms with Crippen LogP contribution >= 0.6 is 0 Å². The number of amides is 2. The summed E-state index contributed by atoms with van der Waals surface area (Å²) in [6.07, 6.45) is 4.33. The van der Waals surface area contributed by atoms with Gasteiger partial charge in [0.25, 0.3) is 0 Å². The number of aromatic amines is 1. The van der Waals surface area contributed by atoms with Gasteiger partial charge in [-0.05, 0) is 44.4 Å². The van der Waals surface area contributed by atoms with Crippen LogP contribution in [0.1, 0.15) is 25.8 Å². The van der Waals surface area contributed by atoms with E-state index in [1.807, 2.05) is 25.1 Å². The molecule has 9 heteroatoms. The van der Waals surface area contributed by atoms with Crippen LogP contribution in [0.2, 0.25) is 0 Å². The number of nitrogens with one attached hydrogen (secondary N) is 3. The maximum atomic E-state index is 12.0. The van der Waals surface area contributed by atoms with E-state index in [1.54, 1.807) is 6.20 Å². The highest BCUT2D eigenvalue weighted by atomic mass is 16.6. The lowest BCUT2D eigenvalue weighted by Gasteiger charge is -2.13. The van der Waals surface area contributed by atoms with Crippen molar-refractivity contribution < 1.29 is 23.9 Å². The van der Waals surface area contributed by atoms with E-state index in [1.165, 1.54) is 6.92 Å². The second-order valence-corrected chi connectivity index (χ2v) is 6.98. The van der Waals surface area contributed by atoms with Crippen LogP contribution in [-0.4, -0.2) is 41.3 Å². The van der Waals surface area contributed by atoms with Crippen molar-refractivity contribution in [3.8, 4) is 5.75 Å². The molecule has 0 bridgehead atoms. The zero-order valence-corrected chi connectivity index (χ0v) is 16.2. The van der Waals surface area contributed by atoms with E-state index in [0.29, 0.717) is 5.75 Å². The van der Waals surface area contributed by atoms with Crippen molar-refractivity contribution in [2.75, 3.05) is 0 Å². The monoisotopic (exact) mass is 400 g/mol. The Kier molecular flexibility index (Phi) is 6.18. The molecule has 0 spiro atoms. The van der Waals surface area contributed by atoms with Crippen molar-refractivity contribution in [1.29, 1.82) is 0 Å². The Morgan fingerprint density at radius 2 is 2.00 bits per heavy atom. The molecule has 0 radical (unpaired) electrons. The van der Waals surface area contributed by atoms with Crippen LogP contribution in [0, 0.1) is 0 Å². The number of carbonyl (C=O) groups is 3. The topological polar surface area (TPSA) is 136 Å². The fraction of sp³-hybridized carbons (Fsp3) is 0.350. The fourth-order valence-electron chi connectivity index (χ4n) is 3.17. The summed E-state index contributed by atoms with van der Waals surface area (Å²) in [5.41, 5.74) is 7.22. The van der Waals surface area contributed by atoms with E-state index in [2.05, 4.69) is 15.6 Å². The number of ether oxygens (including phenoxy) is 2. The third-order valence-electron chi connectivity index (χ3n) is 4.60. The van der Waals surface area contributed by atoms with Gasteiger partial charge in [-0.2, -0.15) is 0 Å². The van der Waals surface area contributed by atoms with Gasteiger partial charge in [0.05, 0.1) is 6.04 Å². The Balaban J connectivity index is 1.64. The lowest BCUT2D eigenvalue weighted by Crippen LogP contribution is -2.31. The summed E-state index contributed by atoms with van der Waals surface area (Å²) in [5, 5.41) is 6.48. The highest BCUT2D eigenvalue weighted by Crippen LogP contribution is 2.27. The molecule has 1 aromatic carbocycles. The molecule has 1 fully saturated rings. The van der Waals surface area contributed by atoms with Crippen molar-refractivity contribution in [1.82, 2.24) is 15.6 Å². The van der Waals surface area contributed by atoms with E-state index >= 15 is 0 Å². The summed E-state index contributed by atoms with van der Waals surface area (Å²) < 4.78 is 10.0. The number of fused-ring (bicyclic) bond motifs is 1. The zero-order chi connectivity index (χ0) is 21.0. The number of aryl methyl sites for hydroxylation is 1. The first-order valence-corrected chi connectivity index (χ1v) is 9.35. The van der Waals surface area contributed by atoms with Gasteiger partial charge >= 0.3 is 18.0 Å². The van der Waals surface area contributed by atoms with Gasteiger partial charge in [0.1, 0.15) is 6.23 Å². The molecule has 1 saturated heterocycles. The lowest BCUT2D eigenvalue weighted by atomic mass is 10.0. The maximum absolute atomic E-state index is 12.0. The number of rotatable bonds is 7. The smallest absolute Gasteiger partial charge is 0.336 e.